The van der Waals surface area contributed by atoms with E-state index in [1.54, 1.807) is 0 Å². The molecule has 0 saturated carbocycles. The lowest BCUT2D eigenvalue weighted by molar-refractivity contribution is 0.660. The Morgan fingerprint density at radius 1 is 0.367 bits per heavy atom. The largest absolute Gasteiger partial charge is 0.309 e. The van der Waals surface area contributed by atoms with Crippen LogP contribution in [0.25, 0.3) is 71.6 Å². The molecule has 1 heterocycles. The Morgan fingerprint density at radius 2 is 0.917 bits per heavy atom. The fraction of sp³-hybridized carbons (Fsp3) is 0.103. The van der Waals surface area contributed by atoms with Crippen molar-refractivity contribution in [2.45, 2.75) is 38.5 Å². The van der Waals surface area contributed by atoms with E-state index in [-0.39, 0.29) is 10.8 Å². The maximum atomic E-state index is 2.58. The maximum absolute atomic E-state index is 2.58. The average molecular weight is 769 g/mol. The number of rotatable bonds is 5. The fourth-order valence-electron chi connectivity index (χ4n) is 10.9. The number of anilines is 3. The molecule has 10 aromatic rings. The molecule has 12 rings (SSSR count). The van der Waals surface area contributed by atoms with E-state index in [2.05, 4.69) is 231 Å². The molecule has 0 saturated heterocycles. The summed E-state index contributed by atoms with van der Waals surface area (Å²) in [7, 11) is 0. The maximum Gasteiger partial charge on any atom is 0.0561 e. The lowest BCUT2D eigenvalue weighted by Gasteiger charge is -2.31. The van der Waals surface area contributed by atoms with Gasteiger partial charge in [0.05, 0.1) is 22.4 Å². The first-order valence-corrected chi connectivity index (χ1v) is 21.2. The van der Waals surface area contributed by atoms with Crippen LogP contribution in [-0.2, 0) is 10.8 Å². The molecule has 1 aromatic heterocycles. The summed E-state index contributed by atoms with van der Waals surface area (Å²) >= 11 is 0. The monoisotopic (exact) mass is 768 g/mol. The Bertz CT molecular complexity index is 3330. The molecular formula is C58H44N2. The van der Waals surface area contributed by atoms with Gasteiger partial charge in [-0.15, -0.1) is 0 Å². The van der Waals surface area contributed by atoms with Crippen LogP contribution in [0.1, 0.15) is 49.9 Å². The van der Waals surface area contributed by atoms with Crippen LogP contribution in [0.5, 0.6) is 0 Å². The molecule has 0 amide bonds. The highest BCUT2D eigenvalue weighted by Gasteiger charge is 2.39. The third kappa shape index (κ3) is 4.82. The zero-order chi connectivity index (χ0) is 40.3. The highest BCUT2D eigenvalue weighted by atomic mass is 15.2. The van der Waals surface area contributed by atoms with Gasteiger partial charge in [0, 0.05) is 43.9 Å². The minimum atomic E-state index is -0.151. The molecule has 0 fully saturated rings. The van der Waals surface area contributed by atoms with Crippen molar-refractivity contribution < 1.29 is 0 Å². The van der Waals surface area contributed by atoms with Crippen LogP contribution >= 0.6 is 0 Å². The molecule has 0 unspecified atom stereocenters. The van der Waals surface area contributed by atoms with Crippen molar-refractivity contribution >= 4 is 49.6 Å². The Morgan fingerprint density at radius 3 is 1.67 bits per heavy atom. The van der Waals surface area contributed by atoms with Crippen LogP contribution in [-0.4, -0.2) is 4.57 Å². The summed E-state index contributed by atoms with van der Waals surface area (Å²) in [5.41, 5.74) is 19.8. The van der Waals surface area contributed by atoms with Crippen molar-refractivity contribution in [2.75, 3.05) is 4.90 Å². The van der Waals surface area contributed by atoms with Crippen molar-refractivity contribution in [1.82, 2.24) is 4.57 Å². The van der Waals surface area contributed by atoms with Crippen LogP contribution in [0.3, 0.4) is 0 Å². The van der Waals surface area contributed by atoms with Crippen LogP contribution in [0.2, 0.25) is 0 Å². The molecule has 2 heteroatoms. The van der Waals surface area contributed by atoms with Crippen molar-refractivity contribution in [3.8, 4) is 39.1 Å². The quantitative estimate of drug-likeness (QED) is 0.169. The molecule has 60 heavy (non-hydrogen) atoms. The smallest absolute Gasteiger partial charge is 0.0561 e. The summed E-state index contributed by atoms with van der Waals surface area (Å²) < 4.78 is 2.48. The van der Waals surface area contributed by atoms with E-state index in [0.717, 1.165) is 17.1 Å². The molecule has 2 nitrogen and oxygen atoms in total. The van der Waals surface area contributed by atoms with Gasteiger partial charge in [-0.25, -0.2) is 0 Å². The van der Waals surface area contributed by atoms with E-state index in [4.69, 9.17) is 0 Å². The van der Waals surface area contributed by atoms with Gasteiger partial charge in [0.2, 0.25) is 0 Å². The Labute approximate surface area is 351 Å². The molecule has 286 valence electrons. The highest BCUT2D eigenvalue weighted by Crippen LogP contribution is 2.56. The summed E-state index contributed by atoms with van der Waals surface area (Å²) in [4.78, 5) is 2.58. The van der Waals surface area contributed by atoms with Gasteiger partial charge in [-0.2, -0.15) is 0 Å². The molecule has 2 aliphatic carbocycles. The summed E-state index contributed by atoms with van der Waals surface area (Å²) in [5, 5.41) is 4.92. The SMILES string of the molecule is CC1(C)c2ccccc2-c2cc(N(c3cccc4c3-c3ccccc3C4(C)C)c3cc(-n4c5ccccc5c5ccccc54)cc4c(-c5ccccc5)cccc34)ccc21. The van der Waals surface area contributed by atoms with Crippen LogP contribution < -0.4 is 4.90 Å². The second-order valence-electron chi connectivity index (χ2n) is 17.7. The summed E-state index contributed by atoms with van der Waals surface area (Å²) in [6.45, 7) is 9.49. The topological polar surface area (TPSA) is 8.17 Å². The fourth-order valence-corrected chi connectivity index (χ4v) is 10.9. The van der Waals surface area contributed by atoms with Crippen molar-refractivity contribution in [3.63, 3.8) is 0 Å². The normalized spacial score (nSPS) is 14.3. The van der Waals surface area contributed by atoms with Crippen LogP contribution in [0, 0.1) is 0 Å². The number of benzene rings is 9. The minimum absolute atomic E-state index is 0.0972. The van der Waals surface area contributed by atoms with Gasteiger partial charge in [-0.3, -0.25) is 0 Å². The molecule has 0 N–H and O–H groups in total. The molecular weight excluding hydrogens is 725 g/mol. The van der Waals surface area contributed by atoms with Gasteiger partial charge in [-0.05, 0) is 97.9 Å². The van der Waals surface area contributed by atoms with E-state index < -0.39 is 0 Å². The molecule has 9 aromatic carbocycles. The third-order valence-electron chi connectivity index (χ3n) is 13.8. The van der Waals surface area contributed by atoms with Gasteiger partial charge >= 0.3 is 0 Å². The van der Waals surface area contributed by atoms with Gasteiger partial charge < -0.3 is 9.47 Å². The number of aromatic nitrogens is 1. The Kier molecular flexibility index (Phi) is 7.36. The number of fused-ring (bicyclic) bond motifs is 10. The van der Waals surface area contributed by atoms with E-state index in [1.807, 2.05) is 0 Å². The lowest BCUT2D eigenvalue weighted by Crippen LogP contribution is -2.17. The second kappa shape index (κ2) is 12.7. The molecule has 0 spiro atoms. The highest BCUT2D eigenvalue weighted by molar-refractivity contribution is 6.12. The van der Waals surface area contributed by atoms with Crippen molar-refractivity contribution in [3.05, 3.63) is 216 Å². The average Bonchev–Trinajstić information content (AvgIpc) is 3.84. The van der Waals surface area contributed by atoms with E-state index >= 15 is 0 Å². The molecule has 2 aliphatic rings. The molecule has 0 bridgehead atoms. The van der Waals surface area contributed by atoms with Crippen LogP contribution in [0.15, 0.2) is 194 Å². The van der Waals surface area contributed by atoms with Gasteiger partial charge in [0.1, 0.15) is 0 Å². The van der Waals surface area contributed by atoms with Gasteiger partial charge in [0.15, 0.2) is 0 Å². The van der Waals surface area contributed by atoms with Crippen molar-refractivity contribution in [1.29, 1.82) is 0 Å². The summed E-state index contributed by atoms with van der Waals surface area (Å²) in [5.74, 6) is 0. The first-order chi connectivity index (χ1) is 29.3. The minimum Gasteiger partial charge on any atom is -0.309 e. The standard InChI is InChI=1S/C58H44N2/c1-57(2)48-26-12-8-20-41(48)47-34-38(32-33-50(47)57)59(54-31-17-28-51-56(54)45-23-9-13-27-49(45)58(51,3)4)55-36-39(35-46-40(24-16-25-44(46)55)37-18-6-5-7-19-37)60-52-29-14-10-21-42(52)43-22-11-15-30-53(43)60/h5-36H,1-4H3. The second-order valence-corrected chi connectivity index (χ2v) is 17.7. The van der Waals surface area contributed by atoms with E-state index in [9.17, 15) is 0 Å². The van der Waals surface area contributed by atoms with E-state index in [0.29, 0.717) is 0 Å². The number of para-hydroxylation sites is 2. The number of hydrogen-bond donors (Lipinski definition) is 0. The van der Waals surface area contributed by atoms with Crippen molar-refractivity contribution in [2.24, 2.45) is 0 Å². The number of hydrogen-bond acceptors (Lipinski definition) is 1. The molecule has 0 radical (unpaired) electrons. The van der Waals surface area contributed by atoms with Crippen LogP contribution in [0.4, 0.5) is 17.1 Å². The number of nitrogens with zero attached hydrogens (tertiary/aromatic N) is 2. The van der Waals surface area contributed by atoms with E-state index in [1.165, 1.54) is 93.9 Å². The Hall–Kier alpha value is -7.16. The zero-order valence-electron chi connectivity index (χ0n) is 34.4. The first kappa shape index (κ1) is 34.8. The summed E-state index contributed by atoms with van der Waals surface area (Å²) in [6.07, 6.45) is 0. The molecule has 0 atom stereocenters. The zero-order valence-corrected chi connectivity index (χ0v) is 34.4. The third-order valence-corrected chi connectivity index (χ3v) is 13.8. The predicted octanol–water partition coefficient (Wildman–Crippen LogP) is 15.7. The first-order valence-electron chi connectivity index (χ1n) is 21.2. The predicted molar refractivity (Wildman–Crippen MR) is 254 cm³/mol. The van der Waals surface area contributed by atoms with Gasteiger partial charge in [-0.1, -0.05) is 179 Å². The van der Waals surface area contributed by atoms with Gasteiger partial charge in [0.25, 0.3) is 0 Å². The summed E-state index contributed by atoms with van der Waals surface area (Å²) in [6, 6.07) is 72.5. The molecule has 0 aliphatic heterocycles. The Balaban J connectivity index is 1.23. The lowest BCUT2D eigenvalue weighted by atomic mass is 9.82.